The van der Waals surface area contributed by atoms with Crippen LogP contribution in [-0.4, -0.2) is 39.6 Å². The Balaban J connectivity index is 2.31. The van der Waals surface area contributed by atoms with Gasteiger partial charge in [0.15, 0.2) is 0 Å². The van der Waals surface area contributed by atoms with Gasteiger partial charge >= 0.3 is 5.97 Å². The third-order valence-electron chi connectivity index (χ3n) is 2.67. The Morgan fingerprint density at radius 3 is 2.89 bits per heavy atom. The van der Waals surface area contributed by atoms with E-state index >= 15 is 0 Å². The molecule has 0 radical (unpaired) electrons. The molecule has 1 aliphatic heterocycles. The molecule has 1 amide bonds. The lowest BCUT2D eigenvalue weighted by Crippen LogP contribution is -2.42. The maximum Gasteiger partial charge on any atom is 0.327 e. The number of hydrogen-bond donors (Lipinski definition) is 2. The van der Waals surface area contributed by atoms with Crippen LogP contribution in [0.3, 0.4) is 0 Å². The van der Waals surface area contributed by atoms with E-state index in [1.165, 1.54) is 22.7 Å². The molecule has 1 heterocycles. The number of halogens is 1. The van der Waals surface area contributed by atoms with Gasteiger partial charge in [-0.2, -0.15) is 0 Å². The summed E-state index contributed by atoms with van der Waals surface area (Å²) in [5.41, 5.74) is 5.76. The molecule has 7 heteroatoms. The third kappa shape index (κ3) is 2.26. The molecule has 0 aromatic heterocycles. The van der Waals surface area contributed by atoms with Gasteiger partial charge in [0.1, 0.15) is 11.9 Å². The van der Waals surface area contributed by atoms with Crippen LogP contribution >= 0.6 is 11.8 Å². The van der Waals surface area contributed by atoms with Gasteiger partial charge in [-0.05, 0) is 18.2 Å². The van der Waals surface area contributed by atoms with Gasteiger partial charge in [0.25, 0.3) is 5.91 Å². The lowest BCUT2D eigenvalue weighted by atomic mass is 10.1. The summed E-state index contributed by atoms with van der Waals surface area (Å²) in [6.45, 7) is 0. The van der Waals surface area contributed by atoms with Gasteiger partial charge in [-0.15, -0.1) is 11.8 Å². The van der Waals surface area contributed by atoms with Crippen molar-refractivity contribution in [2.75, 3.05) is 17.4 Å². The van der Waals surface area contributed by atoms with Crippen molar-refractivity contribution in [3.05, 3.63) is 29.6 Å². The van der Waals surface area contributed by atoms with Gasteiger partial charge < -0.3 is 15.7 Å². The molecule has 1 aromatic rings. The summed E-state index contributed by atoms with van der Waals surface area (Å²) in [5, 5.41) is 8.99. The number of aliphatic carboxylic acids is 1. The largest absolute Gasteiger partial charge is 0.480 e. The molecular formula is C11H11FN2O3S. The predicted octanol–water partition coefficient (Wildman–Crippen LogP) is 1.01. The lowest BCUT2D eigenvalue weighted by molar-refractivity contribution is -0.140. The fraction of sp³-hybridized carbons (Fsp3) is 0.273. The van der Waals surface area contributed by atoms with E-state index in [1.54, 1.807) is 0 Å². The molecule has 0 spiro atoms. The Morgan fingerprint density at radius 1 is 1.50 bits per heavy atom. The average Bonchev–Trinajstić information content (AvgIpc) is 2.80. The van der Waals surface area contributed by atoms with Crippen LogP contribution < -0.4 is 5.73 Å². The van der Waals surface area contributed by atoms with Crippen LogP contribution in [0.15, 0.2) is 18.2 Å². The number of anilines is 1. The Kier molecular flexibility index (Phi) is 3.42. The highest BCUT2D eigenvalue weighted by atomic mass is 32.2. The summed E-state index contributed by atoms with van der Waals surface area (Å²) >= 11 is 1.34. The van der Waals surface area contributed by atoms with Crippen molar-refractivity contribution in [3.63, 3.8) is 0 Å². The zero-order valence-electron chi connectivity index (χ0n) is 9.30. The standard InChI is InChI=1S/C11H11FN2O3S/c12-6-1-2-8(13)7(3-6)10(15)14-5-18-4-9(14)11(16)17/h1-3,9H,4-5,13H2,(H,16,17). The smallest absolute Gasteiger partial charge is 0.327 e. The molecule has 0 saturated carbocycles. The number of carbonyl (C=O) groups excluding carboxylic acids is 1. The van der Waals surface area contributed by atoms with E-state index < -0.39 is 23.7 Å². The number of hydrogen-bond acceptors (Lipinski definition) is 4. The first-order chi connectivity index (χ1) is 8.50. The van der Waals surface area contributed by atoms with Crippen LogP contribution in [0.5, 0.6) is 0 Å². The van der Waals surface area contributed by atoms with Crippen molar-refractivity contribution >= 4 is 29.3 Å². The molecule has 1 aromatic carbocycles. The van der Waals surface area contributed by atoms with Crippen LogP contribution in [0.1, 0.15) is 10.4 Å². The minimum atomic E-state index is -1.07. The zero-order chi connectivity index (χ0) is 13.3. The summed E-state index contributed by atoms with van der Waals surface area (Å²) in [5.74, 6) is -1.60. The summed E-state index contributed by atoms with van der Waals surface area (Å²) in [7, 11) is 0. The molecule has 1 saturated heterocycles. The van der Waals surface area contributed by atoms with E-state index in [9.17, 15) is 14.0 Å². The van der Waals surface area contributed by atoms with Crippen molar-refractivity contribution in [2.24, 2.45) is 0 Å². The van der Waals surface area contributed by atoms with E-state index in [0.717, 1.165) is 12.1 Å². The van der Waals surface area contributed by atoms with Gasteiger partial charge in [0.2, 0.25) is 0 Å². The number of rotatable bonds is 2. The highest BCUT2D eigenvalue weighted by Crippen LogP contribution is 2.25. The second-order valence-electron chi connectivity index (χ2n) is 3.86. The van der Waals surface area contributed by atoms with Gasteiger partial charge in [0, 0.05) is 11.4 Å². The zero-order valence-corrected chi connectivity index (χ0v) is 10.1. The monoisotopic (exact) mass is 270 g/mol. The quantitative estimate of drug-likeness (QED) is 0.783. The van der Waals surface area contributed by atoms with Crippen LogP contribution in [0.2, 0.25) is 0 Å². The number of carbonyl (C=O) groups is 2. The van der Waals surface area contributed by atoms with E-state index in [-0.39, 0.29) is 17.1 Å². The second kappa shape index (κ2) is 4.85. The van der Waals surface area contributed by atoms with Crippen LogP contribution in [0.25, 0.3) is 0 Å². The lowest BCUT2D eigenvalue weighted by Gasteiger charge is -2.21. The highest BCUT2D eigenvalue weighted by Gasteiger charge is 2.35. The summed E-state index contributed by atoms with van der Waals surface area (Å²) in [4.78, 5) is 24.3. The number of carboxylic acids is 1. The second-order valence-corrected chi connectivity index (χ2v) is 4.86. The third-order valence-corrected chi connectivity index (χ3v) is 3.69. The number of nitrogens with two attached hydrogens (primary N) is 1. The van der Waals surface area contributed by atoms with Crippen molar-refractivity contribution < 1.29 is 19.1 Å². The van der Waals surface area contributed by atoms with E-state index in [0.29, 0.717) is 5.75 Å². The fourth-order valence-corrected chi connectivity index (χ4v) is 2.86. The first-order valence-corrected chi connectivity index (χ1v) is 6.32. The number of amides is 1. The van der Waals surface area contributed by atoms with Gasteiger partial charge in [-0.3, -0.25) is 4.79 Å². The Hall–Kier alpha value is -1.76. The topological polar surface area (TPSA) is 83.6 Å². The predicted molar refractivity (Wildman–Crippen MR) is 65.7 cm³/mol. The van der Waals surface area contributed by atoms with Gasteiger partial charge in [-0.25, -0.2) is 9.18 Å². The number of benzene rings is 1. The van der Waals surface area contributed by atoms with Crippen molar-refractivity contribution in [1.29, 1.82) is 0 Å². The highest BCUT2D eigenvalue weighted by molar-refractivity contribution is 7.99. The molecule has 0 aliphatic carbocycles. The minimum Gasteiger partial charge on any atom is -0.480 e. The Bertz CT molecular complexity index is 509. The molecular weight excluding hydrogens is 259 g/mol. The average molecular weight is 270 g/mol. The molecule has 1 unspecified atom stereocenters. The summed E-state index contributed by atoms with van der Waals surface area (Å²) in [6.07, 6.45) is 0. The van der Waals surface area contributed by atoms with Crippen LogP contribution in [0, 0.1) is 5.82 Å². The molecule has 18 heavy (non-hydrogen) atoms. The molecule has 3 N–H and O–H groups in total. The van der Waals surface area contributed by atoms with E-state index in [1.807, 2.05) is 0 Å². The maximum absolute atomic E-state index is 13.1. The van der Waals surface area contributed by atoms with Crippen LogP contribution in [0.4, 0.5) is 10.1 Å². The number of nitrogens with zero attached hydrogens (tertiary/aromatic N) is 1. The molecule has 2 rings (SSSR count). The van der Waals surface area contributed by atoms with E-state index in [2.05, 4.69) is 0 Å². The fourth-order valence-electron chi connectivity index (χ4n) is 1.72. The van der Waals surface area contributed by atoms with Gasteiger partial charge in [0.05, 0.1) is 11.4 Å². The van der Waals surface area contributed by atoms with E-state index in [4.69, 9.17) is 10.8 Å². The SMILES string of the molecule is Nc1ccc(F)cc1C(=O)N1CSCC1C(=O)O. The Morgan fingerprint density at radius 2 is 2.22 bits per heavy atom. The molecule has 96 valence electrons. The van der Waals surface area contributed by atoms with Gasteiger partial charge in [-0.1, -0.05) is 0 Å². The number of thioether (sulfide) groups is 1. The van der Waals surface area contributed by atoms with Crippen molar-refractivity contribution in [2.45, 2.75) is 6.04 Å². The summed E-state index contributed by atoms with van der Waals surface area (Å²) < 4.78 is 13.1. The minimum absolute atomic E-state index is 0.00347. The summed E-state index contributed by atoms with van der Waals surface area (Å²) in [6, 6.07) is 2.59. The first kappa shape index (κ1) is 12.7. The molecule has 0 bridgehead atoms. The molecule has 1 aliphatic rings. The number of nitrogen functional groups attached to an aromatic ring is 1. The molecule has 5 nitrogen and oxygen atoms in total. The Labute approximate surface area is 107 Å². The molecule has 1 fully saturated rings. The van der Waals surface area contributed by atoms with Crippen molar-refractivity contribution in [1.82, 2.24) is 4.90 Å². The van der Waals surface area contributed by atoms with Crippen LogP contribution in [-0.2, 0) is 4.79 Å². The molecule has 1 atom stereocenters. The normalized spacial score (nSPS) is 18.9. The number of carboxylic acid groups (broad SMARTS) is 1. The van der Waals surface area contributed by atoms with Crippen molar-refractivity contribution in [3.8, 4) is 0 Å². The maximum atomic E-state index is 13.1. The first-order valence-electron chi connectivity index (χ1n) is 5.17.